The van der Waals surface area contributed by atoms with E-state index in [1.165, 1.54) is 5.56 Å². The Morgan fingerprint density at radius 3 is 2.67 bits per heavy atom. The van der Waals surface area contributed by atoms with Crippen LogP contribution in [0.3, 0.4) is 0 Å². The number of rotatable bonds is 4. The molecule has 0 spiro atoms. The Morgan fingerprint density at radius 2 is 2.06 bits per heavy atom. The van der Waals surface area contributed by atoms with Crippen LogP contribution in [0, 0.1) is 13.8 Å². The molecule has 18 heavy (non-hydrogen) atoms. The van der Waals surface area contributed by atoms with Gasteiger partial charge in [0.1, 0.15) is 23.9 Å². The molecule has 2 aromatic rings. The van der Waals surface area contributed by atoms with Crippen molar-refractivity contribution in [2.75, 3.05) is 0 Å². The zero-order valence-corrected chi connectivity index (χ0v) is 12.1. The van der Waals surface area contributed by atoms with E-state index in [9.17, 15) is 0 Å². The number of furan rings is 1. The van der Waals surface area contributed by atoms with Crippen LogP contribution >= 0.6 is 15.9 Å². The van der Waals surface area contributed by atoms with Crippen molar-refractivity contribution in [2.24, 2.45) is 5.73 Å². The zero-order chi connectivity index (χ0) is 13.1. The maximum Gasteiger partial charge on any atom is 0.146 e. The first-order valence-electron chi connectivity index (χ1n) is 5.77. The molecule has 0 fully saturated rings. The smallest absolute Gasteiger partial charge is 0.146 e. The highest BCUT2D eigenvalue weighted by molar-refractivity contribution is 9.10. The highest BCUT2D eigenvalue weighted by Crippen LogP contribution is 2.27. The Morgan fingerprint density at radius 1 is 1.28 bits per heavy atom. The second-order valence-corrected chi connectivity index (χ2v) is 5.08. The van der Waals surface area contributed by atoms with E-state index < -0.39 is 0 Å². The maximum atomic E-state index is 5.71. The Labute approximate surface area is 115 Å². The number of halogens is 1. The predicted molar refractivity (Wildman–Crippen MR) is 74.5 cm³/mol. The molecule has 0 aliphatic carbocycles. The predicted octanol–water partition coefficient (Wildman–Crippen LogP) is 3.70. The number of nitrogens with two attached hydrogens (primary N) is 1. The number of hydrogen-bond acceptors (Lipinski definition) is 3. The van der Waals surface area contributed by atoms with Crippen LogP contribution in [-0.2, 0) is 13.2 Å². The lowest BCUT2D eigenvalue weighted by Gasteiger charge is -2.07. The minimum atomic E-state index is 0.405. The van der Waals surface area contributed by atoms with Gasteiger partial charge in [-0.3, -0.25) is 0 Å². The van der Waals surface area contributed by atoms with Crippen molar-refractivity contribution in [1.29, 1.82) is 0 Å². The number of aryl methyl sites for hydroxylation is 2. The molecule has 2 rings (SSSR count). The van der Waals surface area contributed by atoms with E-state index in [-0.39, 0.29) is 0 Å². The number of hydrogen-bond donors (Lipinski definition) is 1. The summed E-state index contributed by atoms with van der Waals surface area (Å²) in [6.07, 6.45) is 0. The van der Waals surface area contributed by atoms with Crippen LogP contribution in [0.1, 0.15) is 22.6 Å². The van der Waals surface area contributed by atoms with Crippen LogP contribution in [0.4, 0.5) is 0 Å². The first-order valence-corrected chi connectivity index (χ1v) is 6.56. The molecule has 1 aromatic heterocycles. The van der Waals surface area contributed by atoms with E-state index in [4.69, 9.17) is 14.9 Å². The van der Waals surface area contributed by atoms with E-state index in [0.29, 0.717) is 13.2 Å². The van der Waals surface area contributed by atoms with Crippen molar-refractivity contribution in [3.8, 4) is 5.75 Å². The largest absolute Gasteiger partial charge is 0.484 e. The van der Waals surface area contributed by atoms with Crippen LogP contribution in [0.15, 0.2) is 33.2 Å². The van der Waals surface area contributed by atoms with Gasteiger partial charge in [-0.1, -0.05) is 6.07 Å². The van der Waals surface area contributed by atoms with Gasteiger partial charge in [0.25, 0.3) is 0 Å². The molecule has 0 radical (unpaired) electrons. The fourth-order valence-corrected chi connectivity index (χ4v) is 2.34. The van der Waals surface area contributed by atoms with Crippen LogP contribution in [0.5, 0.6) is 5.75 Å². The van der Waals surface area contributed by atoms with Crippen LogP contribution < -0.4 is 10.5 Å². The van der Waals surface area contributed by atoms with E-state index in [2.05, 4.69) is 15.9 Å². The summed E-state index contributed by atoms with van der Waals surface area (Å²) in [5.41, 5.74) is 7.82. The van der Waals surface area contributed by atoms with Gasteiger partial charge in [0.05, 0.1) is 4.47 Å². The third-order valence-electron chi connectivity index (χ3n) is 2.75. The number of benzene rings is 1. The maximum absolute atomic E-state index is 5.71. The van der Waals surface area contributed by atoms with E-state index in [0.717, 1.165) is 27.3 Å². The summed E-state index contributed by atoms with van der Waals surface area (Å²) in [6.45, 7) is 4.84. The molecule has 4 heteroatoms. The Hall–Kier alpha value is -1.26. The van der Waals surface area contributed by atoms with Crippen molar-refractivity contribution < 1.29 is 9.15 Å². The summed E-state index contributed by atoms with van der Waals surface area (Å²) < 4.78 is 12.2. The highest BCUT2D eigenvalue weighted by atomic mass is 79.9. The van der Waals surface area contributed by atoms with Gasteiger partial charge in [-0.25, -0.2) is 0 Å². The Kier molecular flexibility index (Phi) is 4.09. The van der Waals surface area contributed by atoms with Crippen molar-refractivity contribution in [2.45, 2.75) is 27.0 Å². The number of ether oxygens (including phenoxy) is 1. The second kappa shape index (κ2) is 5.59. The minimum absolute atomic E-state index is 0.405. The summed E-state index contributed by atoms with van der Waals surface area (Å²) in [7, 11) is 0. The normalized spacial score (nSPS) is 10.7. The highest BCUT2D eigenvalue weighted by Gasteiger charge is 2.07. The molecule has 0 saturated carbocycles. The molecular weight excluding hydrogens is 294 g/mol. The first kappa shape index (κ1) is 13.2. The Bertz CT molecular complexity index is 549. The molecule has 0 amide bonds. The lowest BCUT2D eigenvalue weighted by atomic mass is 10.2. The molecule has 2 N–H and O–H groups in total. The SMILES string of the molecule is Cc1ccc(OCc2cc(CN)c(C)o2)c(Br)c1. The van der Waals surface area contributed by atoms with Gasteiger partial charge in [0.15, 0.2) is 0 Å². The monoisotopic (exact) mass is 309 g/mol. The molecule has 0 atom stereocenters. The summed E-state index contributed by atoms with van der Waals surface area (Å²) in [5.74, 6) is 2.46. The summed E-state index contributed by atoms with van der Waals surface area (Å²) in [4.78, 5) is 0. The van der Waals surface area contributed by atoms with Gasteiger partial charge in [-0.2, -0.15) is 0 Å². The molecule has 0 unspecified atom stereocenters. The van der Waals surface area contributed by atoms with E-state index in [1.807, 2.05) is 38.1 Å². The van der Waals surface area contributed by atoms with Crippen molar-refractivity contribution >= 4 is 15.9 Å². The van der Waals surface area contributed by atoms with Gasteiger partial charge in [0, 0.05) is 12.1 Å². The average molecular weight is 310 g/mol. The first-order chi connectivity index (χ1) is 8.60. The molecule has 0 aliphatic heterocycles. The standard InChI is InChI=1S/C14H16BrNO2/c1-9-3-4-14(13(15)5-9)17-8-12-6-11(7-16)10(2)18-12/h3-6H,7-8,16H2,1-2H3. The van der Waals surface area contributed by atoms with Gasteiger partial charge in [0.2, 0.25) is 0 Å². The second-order valence-electron chi connectivity index (χ2n) is 4.22. The summed E-state index contributed by atoms with van der Waals surface area (Å²) in [5, 5.41) is 0. The van der Waals surface area contributed by atoms with E-state index in [1.54, 1.807) is 0 Å². The van der Waals surface area contributed by atoms with Gasteiger partial charge < -0.3 is 14.9 Å². The lowest BCUT2D eigenvalue weighted by Crippen LogP contribution is -1.96. The van der Waals surface area contributed by atoms with Crippen LogP contribution in [0.25, 0.3) is 0 Å². The van der Waals surface area contributed by atoms with Gasteiger partial charge in [-0.05, 0) is 53.5 Å². The molecule has 1 aromatic carbocycles. The fraction of sp³-hybridized carbons (Fsp3) is 0.286. The molecule has 0 bridgehead atoms. The molecular formula is C14H16BrNO2. The third kappa shape index (κ3) is 2.94. The molecule has 0 aliphatic rings. The summed E-state index contributed by atoms with van der Waals surface area (Å²) >= 11 is 3.48. The molecule has 1 heterocycles. The van der Waals surface area contributed by atoms with Crippen molar-refractivity contribution in [3.63, 3.8) is 0 Å². The third-order valence-corrected chi connectivity index (χ3v) is 3.37. The molecule has 96 valence electrons. The molecule has 0 saturated heterocycles. The topological polar surface area (TPSA) is 48.4 Å². The van der Waals surface area contributed by atoms with Crippen molar-refractivity contribution in [1.82, 2.24) is 0 Å². The molecule has 3 nitrogen and oxygen atoms in total. The van der Waals surface area contributed by atoms with Gasteiger partial charge >= 0.3 is 0 Å². The van der Waals surface area contributed by atoms with Gasteiger partial charge in [-0.15, -0.1) is 0 Å². The lowest BCUT2D eigenvalue weighted by molar-refractivity contribution is 0.266. The quantitative estimate of drug-likeness (QED) is 0.937. The van der Waals surface area contributed by atoms with Crippen LogP contribution in [0.2, 0.25) is 0 Å². The zero-order valence-electron chi connectivity index (χ0n) is 10.5. The van der Waals surface area contributed by atoms with Crippen LogP contribution in [-0.4, -0.2) is 0 Å². The minimum Gasteiger partial charge on any atom is -0.484 e. The fourth-order valence-electron chi connectivity index (χ4n) is 1.73. The summed E-state index contributed by atoms with van der Waals surface area (Å²) in [6, 6.07) is 7.92. The van der Waals surface area contributed by atoms with Crippen molar-refractivity contribution in [3.05, 3.63) is 51.4 Å². The van der Waals surface area contributed by atoms with E-state index >= 15 is 0 Å². The average Bonchev–Trinajstić information content (AvgIpc) is 2.69. The Balaban J connectivity index is 2.06.